The number of aromatic nitrogens is 6. The van der Waals surface area contributed by atoms with Gasteiger partial charge in [0.2, 0.25) is 11.9 Å². The number of fused-ring (bicyclic) bond motifs is 2. The minimum atomic E-state index is -0.340. The van der Waals surface area contributed by atoms with Crippen LogP contribution in [-0.4, -0.2) is 48.7 Å². The van der Waals surface area contributed by atoms with Gasteiger partial charge in [-0.15, -0.1) is 0 Å². The molecule has 0 unspecified atom stereocenters. The zero-order valence-electron chi connectivity index (χ0n) is 17.9. The van der Waals surface area contributed by atoms with E-state index in [4.69, 9.17) is 15.1 Å². The van der Waals surface area contributed by atoms with E-state index in [2.05, 4.69) is 34.0 Å². The van der Waals surface area contributed by atoms with Crippen LogP contribution in [0.4, 0.5) is 16.3 Å². The number of anilines is 2. The lowest BCUT2D eigenvalue weighted by Crippen LogP contribution is -2.24. The molecule has 31 heavy (non-hydrogen) atoms. The van der Waals surface area contributed by atoms with E-state index in [1.807, 2.05) is 13.0 Å². The maximum absolute atomic E-state index is 13.7. The molecule has 1 atom stereocenters. The smallest absolute Gasteiger partial charge is 0.230 e. The Labute approximate surface area is 179 Å². The molecular formula is C22H25FN8. The molecule has 0 aliphatic carbocycles. The maximum atomic E-state index is 13.7. The van der Waals surface area contributed by atoms with Crippen LogP contribution in [0.15, 0.2) is 24.3 Å². The first-order chi connectivity index (χ1) is 15.0. The van der Waals surface area contributed by atoms with Gasteiger partial charge in [0.15, 0.2) is 5.65 Å². The summed E-state index contributed by atoms with van der Waals surface area (Å²) in [6.45, 7) is 8.04. The summed E-state index contributed by atoms with van der Waals surface area (Å²) in [5.74, 6) is 1.03. The third kappa shape index (κ3) is 3.64. The van der Waals surface area contributed by atoms with Gasteiger partial charge in [-0.1, -0.05) is 6.92 Å². The largest absolute Gasteiger partial charge is 0.352 e. The Hall–Kier alpha value is -3.36. The van der Waals surface area contributed by atoms with Crippen LogP contribution in [0.1, 0.15) is 38.8 Å². The van der Waals surface area contributed by atoms with Crippen molar-refractivity contribution in [3.8, 4) is 11.4 Å². The second-order valence-electron chi connectivity index (χ2n) is 8.09. The van der Waals surface area contributed by atoms with E-state index in [0.29, 0.717) is 40.0 Å². The van der Waals surface area contributed by atoms with E-state index < -0.39 is 0 Å². The molecule has 0 radical (unpaired) electrons. The van der Waals surface area contributed by atoms with E-state index in [0.717, 1.165) is 38.0 Å². The summed E-state index contributed by atoms with van der Waals surface area (Å²) >= 11 is 0. The molecule has 0 spiro atoms. The average molecular weight is 420 g/mol. The summed E-state index contributed by atoms with van der Waals surface area (Å²) in [5.41, 5.74) is 3.82. The van der Waals surface area contributed by atoms with Crippen LogP contribution < -0.4 is 10.2 Å². The van der Waals surface area contributed by atoms with Crippen molar-refractivity contribution in [1.29, 1.82) is 0 Å². The van der Waals surface area contributed by atoms with Gasteiger partial charge in [0.25, 0.3) is 0 Å². The molecule has 1 aliphatic heterocycles. The van der Waals surface area contributed by atoms with Crippen molar-refractivity contribution in [2.45, 2.75) is 46.1 Å². The van der Waals surface area contributed by atoms with E-state index in [-0.39, 0.29) is 11.9 Å². The van der Waals surface area contributed by atoms with Crippen LogP contribution in [0.3, 0.4) is 0 Å². The minimum absolute atomic E-state index is 0.238. The summed E-state index contributed by atoms with van der Waals surface area (Å²) < 4.78 is 15.4. The lowest BCUT2D eigenvalue weighted by molar-refractivity contribution is 0.629. The van der Waals surface area contributed by atoms with Crippen molar-refractivity contribution in [2.75, 3.05) is 23.3 Å². The molecule has 0 amide bonds. The van der Waals surface area contributed by atoms with Gasteiger partial charge in [-0.3, -0.25) is 0 Å². The first kappa shape index (κ1) is 19.6. The summed E-state index contributed by atoms with van der Waals surface area (Å²) in [7, 11) is 0. The molecule has 1 aliphatic rings. The highest BCUT2D eigenvalue weighted by Crippen LogP contribution is 2.26. The summed E-state index contributed by atoms with van der Waals surface area (Å²) in [4.78, 5) is 21.0. The number of hydrogen-bond acceptors (Lipinski definition) is 7. The molecule has 4 aromatic rings. The standard InChI is InChI=1S/C22H25FN8/c1-4-13(2)24-22-28-21(30-9-5-6-10-30)27-19-12-18(29-31(19)22)20-14(3)25-16-8-7-15(23)11-17(16)26-20/h7-8,11-13H,4-6,9-10H2,1-3H3,(H,24,27,28)/t13-/m1/s1. The second-order valence-corrected chi connectivity index (χ2v) is 8.09. The molecule has 4 heterocycles. The van der Waals surface area contributed by atoms with Crippen molar-refractivity contribution in [2.24, 2.45) is 0 Å². The number of nitrogens with one attached hydrogen (secondary N) is 1. The number of hydrogen-bond donors (Lipinski definition) is 1. The third-order valence-electron chi connectivity index (χ3n) is 5.73. The highest BCUT2D eigenvalue weighted by Gasteiger charge is 2.21. The molecule has 1 fully saturated rings. The second kappa shape index (κ2) is 7.72. The molecule has 5 rings (SSSR count). The van der Waals surface area contributed by atoms with Gasteiger partial charge in [0, 0.05) is 31.3 Å². The van der Waals surface area contributed by atoms with Crippen molar-refractivity contribution < 1.29 is 4.39 Å². The number of halogens is 1. The lowest BCUT2D eigenvalue weighted by atomic mass is 10.2. The first-order valence-corrected chi connectivity index (χ1v) is 10.8. The fourth-order valence-electron chi connectivity index (χ4n) is 3.82. The third-order valence-corrected chi connectivity index (χ3v) is 5.73. The SMILES string of the molecule is CC[C@@H](C)Nc1nc(N2CCCC2)nc2cc(-c3nc4cc(F)ccc4nc3C)nn12. The molecule has 9 heteroatoms. The van der Waals surface area contributed by atoms with Gasteiger partial charge >= 0.3 is 0 Å². The Balaban J connectivity index is 1.65. The normalized spacial score (nSPS) is 15.2. The zero-order valence-corrected chi connectivity index (χ0v) is 17.9. The van der Waals surface area contributed by atoms with Crippen molar-refractivity contribution >= 4 is 28.6 Å². The Bertz CT molecular complexity index is 1260. The fraction of sp³-hybridized carbons (Fsp3) is 0.409. The molecule has 8 nitrogen and oxygen atoms in total. The molecule has 0 saturated carbocycles. The number of rotatable bonds is 5. The minimum Gasteiger partial charge on any atom is -0.352 e. The lowest BCUT2D eigenvalue weighted by Gasteiger charge is -2.18. The molecule has 1 aromatic carbocycles. The van der Waals surface area contributed by atoms with Crippen LogP contribution in [0.2, 0.25) is 0 Å². The fourth-order valence-corrected chi connectivity index (χ4v) is 3.82. The van der Waals surface area contributed by atoms with Gasteiger partial charge in [-0.2, -0.15) is 19.6 Å². The molecule has 0 bridgehead atoms. The van der Waals surface area contributed by atoms with E-state index in [1.165, 1.54) is 12.1 Å². The van der Waals surface area contributed by atoms with E-state index in [1.54, 1.807) is 10.6 Å². The highest BCUT2D eigenvalue weighted by molar-refractivity contribution is 5.78. The van der Waals surface area contributed by atoms with Gasteiger partial charge in [-0.05, 0) is 45.2 Å². The van der Waals surface area contributed by atoms with Crippen LogP contribution >= 0.6 is 0 Å². The van der Waals surface area contributed by atoms with Crippen LogP contribution in [0.25, 0.3) is 28.1 Å². The van der Waals surface area contributed by atoms with Gasteiger partial charge < -0.3 is 10.2 Å². The zero-order chi connectivity index (χ0) is 21.5. The highest BCUT2D eigenvalue weighted by atomic mass is 19.1. The van der Waals surface area contributed by atoms with Crippen LogP contribution in [0.5, 0.6) is 0 Å². The Morgan fingerprint density at radius 2 is 1.87 bits per heavy atom. The number of aryl methyl sites for hydroxylation is 1. The Morgan fingerprint density at radius 1 is 1.06 bits per heavy atom. The summed E-state index contributed by atoms with van der Waals surface area (Å²) in [5, 5.41) is 8.19. The number of nitrogens with zero attached hydrogens (tertiary/aromatic N) is 7. The number of benzene rings is 1. The van der Waals surface area contributed by atoms with Crippen molar-refractivity contribution in [1.82, 2.24) is 29.5 Å². The first-order valence-electron chi connectivity index (χ1n) is 10.8. The van der Waals surface area contributed by atoms with Crippen molar-refractivity contribution in [3.05, 3.63) is 35.8 Å². The summed E-state index contributed by atoms with van der Waals surface area (Å²) in [6.07, 6.45) is 3.25. The van der Waals surface area contributed by atoms with Gasteiger partial charge in [-0.25, -0.2) is 14.4 Å². The van der Waals surface area contributed by atoms with Gasteiger partial charge in [0.05, 0.1) is 16.7 Å². The topological polar surface area (TPSA) is 84.1 Å². The molecule has 160 valence electrons. The predicted octanol–water partition coefficient (Wildman–Crippen LogP) is 3.99. The summed E-state index contributed by atoms with van der Waals surface area (Å²) in [6, 6.07) is 6.55. The van der Waals surface area contributed by atoms with E-state index >= 15 is 0 Å². The average Bonchev–Trinajstić information content (AvgIpc) is 3.43. The molecular weight excluding hydrogens is 395 g/mol. The Kier molecular flexibility index (Phi) is 4.88. The molecule has 1 saturated heterocycles. The maximum Gasteiger partial charge on any atom is 0.230 e. The van der Waals surface area contributed by atoms with Crippen LogP contribution in [0, 0.1) is 12.7 Å². The molecule has 3 aromatic heterocycles. The van der Waals surface area contributed by atoms with E-state index in [9.17, 15) is 4.39 Å². The van der Waals surface area contributed by atoms with Crippen LogP contribution in [-0.2, 0) is 0 Å². The van der Waals surface area contributed by atoms with Crippen molar-refractivity contribution in [3.63, 3.8) is 0 Å². The molecule has 1 N–H and O–H groups in total. The predicted molar refractivity (Wildman–Crippen MR) is 119 cm³/mol. The Morgan fingerprint density at radius 3 is 2.65 bits per heavy atom. The monoisotopic (exact) mass is 420 g/mol. The van der Waals surface area contributed by atoms with Gasteiger partial charge in [0.1, 0.15) is 17.2 Å². The quantitative estimate of drug-likeness (QED) is 0.522.